The van der Waals surface area contributed by atoms with Crippen molar-refractivity contribution in [3.05, 3.63) is 79.2 Å². The van der Waals surface area contributed by atoms with Crippen LogP contribution in [0.15, 0.2) is 45.8 Å². The summed E-state index contributed by atoms with van der Waals surface area (Å²) >= 11 is -2.53. The second-order valence-electron chi connectivity index (χ2n) is 16.4. The zero-order valence-corrected chi connectivity index (χ0v) is 30.5. The van der Waals surface area contributed by atoms with Crippen LogP contribution < -0.4 is 24.8 Å². The van der Waals surface area contributed by atoms with Gasteiger partial charge in [0.15, 0.2) is 0 Å². The number of allylic oxidation sites excluding steroid dienone is 4. The Morgan fingerprint density at radius 3 is 1.21 bits per heavy atom. The van der Waals surface area contributed by atoms with Gasteiger partial charge in [-0.3, -0.25) is 0 Å². The minimum Gasteiger partial charge on any atom is -1.00 e. The average Bonchev–Trinajstić information content (AvgIpc) is 3.21. The molecule has 1 heterocycles. The molecule has 39 heavy (non-hydrogen) atoms. The molecule has 5 rings (SSSR count). The summed E-state index contributed by atoms with van der Waals surface area (Å²) in [5.41, 5.74) is 13.1. The Hall–Kier alpha value is -0.617. The molecule has 212 valence electrons. The van der Waals surface area contributed by atoms with E-state index in [2.05, 4.69) is 126 Å². The third kappa shape index (κ3) is 5.60. The molecule has 0 amide bonds. The summed E-state index contributed by atoms with van der Waals surface area (Å²) in [5.74, 6) is 0. The Bertz CT molecular complexity index is 1250. The molecule has 0 bridgehead atoms. The van der Waals surface area contributed by atoms with Crippen molar-refractivity contribution >= 4 is 0 Å². The Labute approximate surface area is 256 Å². The van der Waals surface area contributed by atoms with E-state index in [9.17, 15) is 0 Å². The molecular formula is C36H50Cl2Zr. The first-order chi connectivity index (χ1) is 16.9. The van der Waals surface area contributed by atoms with E-state index in [1.165, 1.54) is 25.8 Å². The van der Waals surface area contributed by atoms with Gasteiger partial charge in [0.05, 0.1) is 0 Å². The van der Waals surface area contributed by atoms with Crippen LogP contribution in [-0.4, -0.2) is 0 Å². The SMILES string of the molecule is CC(C)(C)c1cc2c(cc1C(C)(C)C)[CH]([Zr+2]1([C]3=CC=CC3)[CH2][CH2]1)c1cc(C(C)(C)C)c(C(C)(C)C)cc1-2.[Cl-].[Cl-]. The Kier molecular flexibility index (Phi) is 8.67. The van der Waals surface area contributed by atoms with Gasteiger partial charge in [-0.1, -0.05) is 0 Å². The van der Waals surface area contributed by atoms with Crippen molar-refractivity contribution in [2.24, 2.45) is 0 Å². The quantitative estimate of drug-likeness (QED) is 0.441. The van der Waals surface area contributed by atoms with E-state index in [-0.39, 0.29) is 46.5 Å². The maximum absolute atomic E-state index is 2.70. The monoisotopic (exact) mass is 642 g/mol. The van der Waals surface area contributed by atoms with E-state index in [4.69, 9.17) is 0 Å². The van der Waals surface area contributed by atoms with Crippen LogP contribution in [0.5, 0.6) is 0 Å². The standard InChI is InChI=1S/C29H41.C5H5.C2H4.2ClH.Zr/c1-26(2,3)22-14-18-13-19-15-23(27(4,5)6)25(29(10,11)12)17-21(19)20(18)16-24(22)28(7,8)9;1-2-4-5-3-1;1-2;;;/h13-17H,1-12H3;1-3H,4H2;1-2H2;2*1H;/q;;;;;+2/p-2. The summed E-state index contributed by atoms with van der Waals surface area (Å²) in [6.45, 7) is 28.9. The van der Waals surface area contributed by atoms with Gasteiger partial charge in [-0.05, 0) is 0 Å². The van der Waals surface area contributed by atoms with E-state index in [1.54, 1.807) is 33.4 Å². The number of fused-ring (bicyclic) bond motifs is 3. The van der Waals surface area contributed by atoms with Crippen LogP contribution in [0.2, 0.25) is 8.26 Å². The fraction of sp³-hybridized carbons (Fsp3) is 0.556. The van der Waals surface area contributed by atoms with Crippen LogP contribution in [-0.2, 0) is 41.9 Å². The molecule has 0 aromatic heterocycles. The van der Waals surface area contributed by atoms with E-state index in [1.807, 2.05) is 3.28 Å². The molecule has 0 atom stereocenters. The molecule has 0 saturated carbocycles. The summed E-state index contributed by atoms with van der Waals surface area (Å²) in [4.78, 5) is 0. The summed E-state index contributed by atoms with van der Waals surface area (Å²) < 4.78 is 5.57. The first-order valence-corrected chi connectivity index (χ1v) is 20.7. The first kappa shape index (κ1) is 32.9. The van der Waals surface area contributed by atoms with Crippen LogP contribution >= 0.6 is 0 Å². The number of hydrogen-bond acceptors (Lipinski definition) is 0. The van der Waals surface area contributed by atoms with E-state index >= 15 is 0 Å². The Morgan fingerprint density at radius 1 is 0.564 bits per heavy atom. The topological polar surface area (TPSA) is 0 Å². The van der Waals surface area contributed by atoms with Crippen LogP contribution in [0.1, 0.15) is 127 Å². The van der Waals surface area contributed by atoms with Gasteiger partial charge in [0.2, 0.25) is 0 Å². The van der Waals surface area contributed by atoms with E-state index in [0.29, 0.717) is 3.63 Å². The number of hydrogen-bond donors (Lipinski definition) is 0. The number of benzene rings is 2. The molecule has 0 nitrogen and oxygen atoms in total. The van der Waals surface area contributed by atoms with Gasteiger partial charge in [0.1, 0.15) is 0 Å². The molecule has 1 aliphatic heterocycles. The van der Waals surface area contributed by atoms with Crippen LogP contribution in [0, 0.1) is 0 Å². The van der Waals surface area contributed by atoms with Gasteiger partial charge in [0, 0.05) is 0 Å². The third-order valence-electron chi connectivity index (χ3n) is 9.28. The van der Waals surface area contributed by atoms with Crippen molar-refractivity contribution in [3.8, 4) is 11.1 Å². The molecule has 0 spiro atoms. The van der Waals surface area contributed by atoms with Crippen molar-refractivity contribution in [2.75, 3.05) is 0 Å². The van der Waals surface area contributed by atoms with Gasteiger partial charge in [-0.15, -0.1) is 0 Å². The zero-order valence-electron chi connectivity index (χ0n) is 26.5. The van der Waals surface area contributed by atoms with E-state index < -0.39 is 20.3 Å². The predicted molar refractivity (Wildman–Crippen MR) is 160 cm³/mol. The van der Waals surface area contributed by atoms with Crippen LogP contribution in [0.4, 0.5) is 0 Å². The average molecular weight is 645 g/mol. The number of rotatable bonds is 2. The number of halogens is 2. The van der Waals surface area contributed by atoms with Crippen molar-refractivity contribution < 1.29 is 45.1 Å². The van der Waals surface area contributed by atoms with Gasteiger partial charge in [0.25, 0.3) is 0 Å². The Balaban J connectivity index is 0.00000210. The molecule has 3 aliphatic rings. The van der Waals surface area contributed by atoms with Crippen LogP contribution in [0.25, 0.3) is 11.1 Å². The molecule has 0 N–H and O–H groups in total. The summed E-state index contributed by atoms with van der Waals surface area (Å²) in [5, 5.41) is 0. The molecule has 2 aromatic carbocycles. The van der Waals surface area contributed by atoms with E-state index in [0.717, 1.165) is 0 Å². The summed E-state index contributed by atoms with van der Waals surface area (Å²) in [7, 11) is 0. The van der Waals surface area contributed by atoms with Crippen molar-refractivity contribution in [1.29, 1.82) is 0 Å². The maximum atomic E-state index is 2.70. The third-order valence-corrected chi connectivity index (χ3v) is 21.5. The Morgan fingerprint density at radius 2 is 0.923 bits per heavy atom. The second-order valence-corrected chi connectivity index (χ2v) is 27.5. The minimum atomic E-state index is -2.53. The van der Waals surface area contributed by atoms with Crippen LogP contribution in [0.3, 0.4) is 0 Å². The van der Waals surface area contributed by atoms with Crippen molar-refractivity contribution in [3.63, 3.8) is 0 Å². The van der Waals surface area contributed by atoms with Crippen molar-refractivity contribution in [2.45, 2.75) is 123 Å². The fourth-order valence-corrected chi connectivity index (χ4v) is 22.1. The first-order valence-electron chi connectivity index (χ1n) is 14.6. The minimum absolute atomic E-state index is 0. The molecule has 2 aliphatic carbocycles. The molecule has 2 aromatic rings. The summed E-state index contributed by atoms with van der Waals surface area (Å²) in [6.07, 6.45) is 8.50. The normalized spacial score (nSPS) is 17.4. The molecule has 0 unspecified atom stereocenters. The van der Waals surface area contributed by atoms with Gasteiger partial charge >= 0.3 is 234 Å². The maximum Gasteiger partial charge on any atom is -1.00 e. The van der Waals surface area contributed by atoms with Gasteiger partial charge in [-0.25, -0.2) is 0 Å². The molecule has 1 saturated heterocycles. The summed E-state index contributed by atoms with van der Waals surface area (Å²) in [6, 6.07) is 10.7. The molecule has 3 heteroatoms. The largest absolute Gasteiger partial charge is 1.00 e. The smallest absolute Gasteiger partial charge is 1.00 e. The predicted octanol–water partition coefficient (Wildman–Crippen LogP) is 4.80. The van der Waals surface area contributed by atoms with Crippen molar-refractivity contribution in [1.82, 2.24) is 0 Å². The fourth-order valence-electron chi connectivity index (χ4n) is 7.17. The second kappa shape index (κ2) is 10.3. The zero-order chi connectivity index (χ0) is 27.3. The molecule has 1 fully saturated rings. The van der Waals surface area contributed by atoms with Gasteiger partial charge in [-0.2, -0.15) is 0 Å². The molecular weight excluding hydrogens is 595 g/mol. The molecule has 0 radical (unpaired) electrons. The van der Waals surface area contributed by atoms with Gasteiger partial charge < -0.3 is 24.8 Å².